The lowest BCUT2D eigenvalue weighted by atomic mass is 9.83. The Bertz CT molecular complexity index is 938. The molecule has 32 heavy (non-hydrogen) atoms. The van der Waals surface area contributed by atoms with Crippen molar-refractivity contribution in [3.8, 4) is 11.3 Å². The minimum Gasteiger partial charge on any atom is -0.353 e. The second-order valence-electron chi connectivity index (χ2n) is 9.44. The Morgan fingerprint density at radius 2 is 1.78 bits per heavy atom. The zero-order valence-corrected chi connectivity index (χ0v) is 18.6. The van der Waals surface area contributed by atoms with Crippen LogP contribution in [-0.4, -0.2) is 28.9 Å². The smallest absolute Gasteiger partial charge is 0.253 e. The summed E-state index contributed by atoms with van der Waals surface area (Å²) in [6.45, 7) is 2.27. The molecule has 5 nitrogen and oxygen atoms in total. The van der Waals surface area contributed by atoms with Crippen molar-refractivity contribution >= 4 is 11.8 Å². The number of halogens is 1. The first-order valence-electron chi connectivity index (χ1n) is 11.8. The van der Waals surface area contributed by atoms with Crippen molar-refractivity contribution in [3.63, 3.8) is 0 Å². The van der Waals surface area contributed by atoms with Crippen molar-refractivity contribution in [2.45, 2.75) is 70.4 Å². The van der Waals surface area contributed by atoms with Gasteiger partial charge in [-0.15, -0.1) is 0 Å². The van der Waals surface area contributed by atoms with Crippen LogP contribution in [0.15, 0.2) is 42.6 Å². The summed E-state index contributed by atoms with van der Waals surface area (Å²) in [5, 5.41) is 6.33. The predicted molar refractivity (Wildman–Crippen MR) is 122 cm³/mol. The maximum Gasteiger partial charge on any atom is 0.253 e. The van der Waals surface area contributed by atoms with Gasteiger partial charge >= 0.3 is 0 Å². The van der Waals surface area contributed by atoms with E-state index in [1.807, 2.05) is 0 Å². The van der Waals surface area contributed by atoms with Crippen LogP contribution in [0.3, 0.4) is 0 Å². The lowest BCUT2D eigenvalue weighted by Crippen LogP contribution is -2.45. The number of benzene rings is 1. The molecule has 0 unspecified atom stereocenters. The zero-order valence-electron chi connectivity index (χ0n) is 18.6. The van der Waals surface area contributed by atoms with Gasteiger partial charge in [0.05, 0.1) is 11.3 Å². The Balaban J connectivity index is 1.30. The molecule has 2 atom stereocenters. The highest BCUT2D eigenvalue weighted by Crippen LogP contribution is 2.27. The molecule has 6 heteroatoms. The summed E-state index contributed by atoms with van der Waals surface area (Å²) in [5.41, 5.74) is 1.76. The van der Waals surface area contributed by atoms with Gasteiger partial charge in [-0.2, -0.15) is 0 Å². The first-order valence-corrected chi connectivity index (χ1v) is 11.8. The standard InChI is InChI=1S/C26H32FN3O2/c1-17-8-11-22(12-9-17)29-25(31)19-5-3-7-23(15-19)30-26(32)20-10-13-24(28-16-20)18-4-2-6-21(27)14-18/h2,4,6,10,13-14,16-17,19,22-23H,3,5,7-9,11-12,15H2,1H3,(H,29,31)(H,30,32)/t17?,19-,22?,23+/m0/s1. The number of amides is 2. The van der Waals surface area contributed by atoms with E-state index in [2.05, 4.69) is 22.5 Å². The zero-order chi connectivity index (χ0) is 22.5. The number of nitrogens with zero attached hydrogens (tertiary/aromatic N) is 1. The fourth-order valence-electron chi connectivity index (χ4n) is 4.90. The molecule has 2 saturated carbocycles. The number of hydrogen-bond donors (Lipinski definition) is 2. The van der Waals surface area contributed by atoms with Gasteiger partial charge in [-0.05, 0) is 75.1 Å². The largest absolute Gasteiger partial charge is 0.353 e. The Hall–Kier alpha value is -2.76. The average molecular weight is 438 g/mol. The molecule has 4 rings (SSSR count). The van der Waals surface area contributed by atoms with Gasteiger partial charge in [0.25, 0.3) is 5.91 Å². The van der Waals surface area contributed by atoms with Crippen LogP contribution in [-0.2, 0) is 4.79 Å². The molecule has 2 aliphatic rings. The van der Waals surface area contributed by atoms with Crippen LogP contribution in [0.25, 0.3) is 11.3 Å². The van der Waals surface area contributed by atoms with Crippen molar-refractivity contribution in [2.75, 3.05) is 0 Å². The van der Waals surface area contributed by atoms with Gasteiger partial charge in [-0.3, -0.25) is 14.6 Å². The molecular formula is C26H32FN3O2. The lowest BCUT2D eigenvalue weighted by molar-refractivity contribution is -0.127. The summed E-state index contributed by atoms with van der Waals surface area (Å²) in [6, 6.07) is 9.95. The summed E-state index contributed by atoms with van der Waals surface area (Å²) in [4.78, 5) is 29.8. The van der Waals surface area contributed by atoms with Crippen LogP contribution < -0.4 is 10.6 Å². The molecule has 0 bridgehead atoms. The van der Waals surface area contributed by atoms with Crippen LogP contribution in [0.4, 0.5) is 4.39 Å². The van der Waals surface area contributed by atoms with Gasteiger partial charge < -0.3 is 10.6 Å². The van der Waals surface area contributed by atoms with Gasteiger partial charge in [-0.1, -0.05) is 25.5 Å². The molecule has 2 aliphatic carbocycles. The van der Waals surface area contributed by atoms with E-state index >= 15 is 0 Å². The van der Waals surface area contributed by atoms with Gasteiger partial charge in [0, 0.05) is 29.8 Å². The molecule has 1 heterocycles. The summed E-state index contributed by atoms with van der Waals surface area (Å²) >= 11 is 0. The van der Waals surface area contributed by atoms with E-state index in [0.717, 1.165) is 38.0 Å². The van der Waals surface area contributed by atoms with Crippen molar-refractivity contribution in [1.82, 2.24) is 15.6 Å². The number of nitrogens with one attached hydrogen (secondary N) is 2. The molecule has 1 aromatic carbocycles. The van der Waals surface area contributed by atoms with Crippen molar-refractivity contribution in [3.05, 3.63) is 54.0 Å². The number of pyridine rings is 1. The number of hydrogen-bond acceptors (Lipinski definition) is 3. The minimum atomic E-state index is -0.319. The van der Waals surface area contributed by atoms with E-state index in [1.165, 1.54) is 31.2 Å². The highest BCUT2D eigenvalue weighted by Gasteiger charge is 2.30. The van der Waals surface area contributed by atoms with E-state index in [1.54, 1.807) is 24.3 Å². The first-order chi connectivity index (χ1) is 15.5. The normalized spacial score (nSPS) is 25.7. The van der Waals surface area contributed by atoms with E-state index in [9.17, 15) is 14.0 Å². The molecule has 0 aliphatic heterocycles. The van der Waals surface area contributed by atoms with E-state index < -0.39 is 0 Å². The fourth-order valence-corrected chi connectivity index (χ4v) is 4.90. The highest BCUT2D eigenvalue weighted by molar-refractivity contribution is 5.94. The summed E-state index contributed by atoms with van der Waals surface area (Å²) < 4.78 is 13.4. The van der Waals surface area contributed by atoms with E-state index in [4.69, 9.17) is 0 Å². The number of aromatic nitrogens is 1. The Morgan fingerprint density at radius 3 is 2.50 bits per heavy atom. The van der Waals surface area contributed by atoms with Crippen molar-refractivity contribution < 1.29 is 14.0 Å². The first kappa shape index (κ1) is 22.4. The lowest BCUT2D eigenvalue weighted by Gasteiger charge is -2.32. The van der Waals surface area contributed by atoms with Crippen molar-refractivity contribution in [2.24, 2.45) is 11.8 Å². The van der Waals surface area contributed by atoms with Crippen LogP contribution in [0.1, 0.15) is 68.6 Å². The summed E-state index contributed by atoms with van der Waals surface area (Å²) in [5.74, 6) is 0.358. The highest BCUT2D eigenvalue weighted by atomic mass is 19.1. The van der Waals surface area contributed by atoms with Crippen LogP contribution in [0, 0.1) is 17.7 Å². The minimum absolute atomic E-state index is 0.0127. The van der Waals surface area contributed by atoms with Crippen LogP contribution in [0.2, 0.25) is 0 Å². The third-order valence-corrected chi connectivity index (χ3v) is 6.89. The Labute approximate surface area is 189 Å². The number of rotatable bonds is 5. The van der Waals surface area contributed by atoms with Gasteiger partial charge in [0.15, 0.2) is 0 Å². The summed E-state index contributed by atoms with van der Waals surface area (Å²) in [6.07, 6.45) is 9.39. The SMILES string of the molecule is CC1CCC(NC(=O)[C@H]2CCC[C@@H](NC(=O)c3ccc(-c4cccc(F)c4)nc3)C2)CC1. The third kappa shape index (κ3) is 5.72. The molecular weight excluding hydrogens is 405 g/mol. The fraction of sp³-hybridized carbons (Fsp3) is 0.500. The Morgan fingerprint density at radius 1 is 0.969 bits per heavy atom. The van der Waals surface area contributed by atoms with Gasteiger partial charge in [0.2, 0.25) is 5.91 Å². The molecule has 2 aromatic rings. The second-order valence-corrected chi connectivity index (χ2v) is 9.44. The maximum absolute atomic E-state index is 13.4. The predicted octanol–water partition coefficient (Wildman–Crippen LogP) is 4.87. The average Bonchev–Trinajstić information content (AvgIpc) is 2.81. The van der Waals surface area contributed by atoms with E-state index in [0.29, 0.717) is 29.3 Å². The molecule has 0 radical (unpaired) electrons. The second kappa shape index (κ2) is 10.2. The van der Waals surface area contributed by atoms with Crippen molar-refractivity contribution in [1.29, 1.82) is 0 Å². The molecule has 1 aromatic heterocycles. The third-order valence-electron chi connectivity index (χ3n) is 6.89. The maximum atomic E-state index is 13.4. The van der Waals surface area contributed by atoms with E-state index in [-0.39, 0.29) is 29.6 Å². The quantitative estimate of drug-likeness (QED) is 0.701. The molecule has 2 N–H and O–H groups in total. The van der Waals surface area contributed by atoms with Gasteiger partial charge in [0.1, 0.15) is 5.82 Å². The van der Waals surface area contributed by atoms with Crippen LogP contribution >= 0.6 is 0 Å². The topological polar surface area (TPSA) is 71.1 Å². The van der Waals surface area contributed by atoms with Crippen LogP contribution in [0.5, 0.6) is 0 Å². The molecule has 170 valence electrons. The molecule has 0 spiro atoms. The number of carbonyl (C=O) groups excluding carboxylic acids is 2. The van der Waals surface area contributed by atoms with Gasteiger partial charge in [-0.25, -0.2) is 4.39 Å². The Kier molecular flexibility index (Phi) is 7.18. The molecule has 2 amide bonds. The monoisotopic (exact) mass is 437 g/mol. The molecule has 0 saturated heterocycles. The molecule has 2 fully saturated rings. The summed E-state index contributed by atoms with van der Waals surface area (Å²) in [7, 11) is 0. The number of carbonyl (C=O) groups is 2.